The average Bonchev–Trinajstić information content (AvgIpc) is 2.85. The molecule has 0 aromatic carbocycles. The zero-order valence-corrected chi connectivity index (χ0v) is 47.4. The van der Waals surface area contributed by atoms with Crippen LogP contribution in [-0.4, -0.2) is 225 Å². The van der Waals surface area contributed by atoms with Crippen LogP contribution in [0.1, 0.15) is 0 Å². The maximum Gasteiger partial charge on any atom is 3.00 e. The number of rotatable bonds is 12. The SMILES string of the molecule is CN(C)P(=O)(N(C)C)N(C)C.CN(C)P(=O)(N(C)C)N(C)C.CN(C)P(=O)(N(C)C)N(C)C.CN(C)P(=O)(N(C)C)N(C)C.[Br-].[Br-].[Br-].[Ho+3].[OH3+].[OH3+].[OH3+].[OH3+].[OH3+]. The maximum absolute atomic E-state index is 12.1. The van der Waals surface area contributed by atoms with E-state index in [9.17, 15) is 18.3 Å². The topological polar surface area (TPSA) is 272 Å². The molecule has 0 aliphatic rings. The van der Waals surface area contributed by atoms with Gasteiger partial charge in [0.05, 0.1) is 0 Å². The Hall–Kier alpha value is 2.94. The standard InChI is InChI=1S/4C6H18N3OP.3BrH.Ho.5H2O/c4*1-7(2)11(10,8(3)4)9(5)6;;;;;;;;;/h4*1-6H3;3*1H;;5*1H2/q;;;;;;;+3;;;;;/p+2. The second-order valence-corrected chi connectivity index (χ2v) is 25.9. The van der Waals surface area contributed by atoms with Crippen molar-refractivity contribution in [3.05, 3.63) is 0 Å². The van der Waals surface area contributed by atoms with Crippen LogP contribution >= 0.6 is 30.4 Å². The molecule has 0 rings (SSSR count). The predicted octanol–water partition coefficient (Wildman–Crippen LogP) is -10.5. The van der Waals surface area contributed by atoms with Crippen LogP contribution in [0.25, 0.3) is 0 Å². The van der Waals surface area contributed by atoms with E-state index >= 15 is 0 Å². The monoisotopic (exact) mass is 1210 g/mol. The molecule has 0 spiro atoms. The van der Waals surface area contributed by atoms with Crippen LogP contribution in [0.4, 0.5) is 0 Å². The zero-order chi connectivity index (χ0) is 36.9. The van der Waals surface area contributed by atoms with Crippen LogP contribution in [0.5, 0.6) is 0 Å². The summed E-state index contributed by atoms with van der Waals surface area (Å²) < 4.78 is 69.3. The molecule has 0 atom stereocenters. The zero-order valence-electron chi connectivity index (χ0n) is 37.1. The van der Waals surface area contributed by atoms with Gasteiger partial charge in [-0.25, -0.2) is 56.0 Å². The molecular formula is C24H87Br3HoN12O9P4+5. The van der Waals surface area contributed by atoms with Crippen LogP contribution < -0.4 is 50.9 Å². The van der Waals surface area contributed by atoms with Gasteiger partial charge >= 0.3 is 37.7 Å². The average molecular weight is 1220 g/mol. The Labute approximate surface area is 386 Å². The summed E-state index contributed by atoms with van der Waals surface area (Å²) in [5, 5.41) is 0. The Morgan fingerprint density at radius 2 is 0.245 bits per heavy atom. The van der Waals surface area contributed by atoms with Crippen molar-refractivity contribution in [2.45, 2.75) is 0 Å². The first-order chi connectivity index (χ1) is 19.3. The number of hydrogen-bond donors (Lipinski definition) is 0. The van der Waals surface area contributed by atoms with Crippen molar-refractivity contribution in [3.8, 4) is 0 Å². The summed E-state index contributed by atoms with van der Waals surface area (Å²) in [6.45, 7) is 0. The van der Waals surface area contributed by atoms with Crippen LogP contribution in [0.2, 0.25) is 0 Å². The van der Waals surface area contributed by atoms with Crippen molar-refractivity contribution in [2.75, 3.05) is 169 Å². The molecular weight excluding hydrogens is 1130 g/mol. The van der Waals surface area contributed by atoms with Gasteiger partial charge in [0.2, 0.25) is 0 Å². The summed E-state index contributed by atoms with van der Waals surface area (Å²) in [5.74, 6) is 0. The van der Waals surface area contributed by atoms with Gasteiger partial charge in [-0.3, -0.25) is 18.3 Å². The first-order valence-corrected chi connectivity index (χ1v) is 20.1. The first-order valence-electron chi connectivity index (χ1n) is 13.9. The number of halogens is 3. The van der Waals surface area contributed by atoms with Crippen molar-refractivity contribution in [1.29, 1.82) is 0 Å². The van der Waals surface area contributed by atoms with E-state index in [4.69, 9.17) is 0 Å². The third-order valence-electron chi connectivity index (χ3n) is 6.25. The Bertz CT molecular complexity index is 745. The molecule has 0 aliphatic heterocycles. The Kier molecular flexibility index (Phi) is 69.7. The Morgan fingerprint density at radius 1 is 0.208 bits per heavy atom. The van der Waals surface area contributed by atoms with Gasteiger partial charge in [0, 0.05) is 0 Å². The molecule has 344 valence electrons. The molecule has 0 saturated carbocycles. The Morgan fingerprint density at radius 3 is 0.245 bits per heavy atom. The molecule has 0 aliphatic carbocycles. The molecule has 0 amide bonds. The summed E-state index contributed by atoms with van der Waals surface area (Å²) in [6.07, 6.45) is 0. The molecule has 15 N–H and O–H groups in total. The van der Waals surface area contributed by atoms with Gasteiger partial charge in [-0.05, 0) is 169 Å². The summed E-state index contributed by atoms with van der Waals surface area (Å²) in [4.78, 5) is 0. The first kappa shape index (κ1) is 91.6. The van der Waals surface area contributed by atoms with Crippen LogP contribution in [0, 0.1) is 37.7 Å². The van der Waals surface area contributed by atoms with Gasteiger partial charge in [0.15, 0.2) is 0 Å². The van der Waals surface area contributed by atoms with Crippen LogP contribution in [0.3, 0.4) is 0 Å². The molecule has 0 aromatic rings. The largest absolute Gasteiger partial charge is 3.00 e. The van der Waals surface area contributed by atoms with Gasteiger partial charge in [-0.15, -0.1) is 0 Å². The van der Waals surface area contributed by atoms with Crippen molar-refractivity contribution in [2.24, 2.45) is 0 Å². The fourth-order valence-corrected chi connectivity index (χ4v) is 12.9. The molecule has 53 heavy (non-hydrogen) atoms. The molecule has 0 unspecified atom stereocenters. The molecule has 0 aromatic heterocycles. The minimum absolute atomic E-state index is 0. The minimum atomic E-state index is -2.44. The van der Waals surface area contributed by atoms with Crippen LogP contribution in [0.15, 0.2) is 0 Å². The molecule has 0 heterocycles. The maximum atomic E-state index is 12.1. The van der Waals surface area contributed by atoms with E-state index in [0.29, 0.717) is 0 Å². The molecule has 0 radical (unpaired) electrons. The second-order valence-electron chi connectivity index (χ2n) is 12.2. The van der Waals surface area contributed by atoms with E-state index in [1.165, 1.54) is 0 Å². The molecule has 0 fully saturated rings. The van der Waals surface area contributed by atoms with Crippen molar-refractivity contribution in [3.63, 3.8) is 0 Å². The van der Waals surface area contributed by atoms with Gasteiger partial charge in [-0.1, -0.05) is 0 Å². The summed E-state index contributed by atoms with van der Waals surface area (Å²) >= 11 is 0. The number of nitrogens with zero attached hydrogens (tertiary/aromatic N) is 12. The molecule has 21 nitrogen and oxygen atoms in total. The Balaban J connectivity index is -0.0000000346. The quantitative estimate of drug-likeness (QED) is 0.0998. The van der Waals surface area contributed by atoms with Crippen molar-refractivity contribution in [1.82, 2.24) is 56.0 Å². The third-order valence-corrected chi connectivity index (χ3v) is 18.8. The van der Waals surface area contributed by atoms with E-state index in [-0.39, 0.29) is 116 Å². The molecule has 0 saturated heterocycles. The fraction of sp³-hybridized carbons (Fsp3) is 1.00. The van der Waals surface area contributed by atoms with E-state index in [1.54, 1.807) is 56.0 Å². The fourth-order valence-electron chi connectivity index (χ4n) is 4.29. The van der Waals surface area contributed by atoms with Gasteiger partial charge in [0.25, 0.3) is 30.4 Å². The second kappa shape index (κ2) is 40.4. The van der Waals surface area contributed by atoms with E-state index in [0.717, 1.165) is 0 Å². The van der Waals surface area contributed by atoms with Gasteiger partial charge < -0.3 is 78.3 Å². The van der Waals surface area contributed by atoms with E-state index in [2.05, 4.69) is 0 Å². The normalized spacial score (nSPS) is 11.2. The van der Waals surface area contributed by atoms with E-state index in [1.807, 2.05) is 169 Å². The predicted molar refractivity (Wildman–Crippen MR) is 219 cm³/mol. The summed E-state index contributed by atoms with van der Waals surface area (Å²) in [7, 11) is 33.9. The third kappa shape index (κ3) is 27.4. The molecule has 0 bridgehead atoms. The van der Waals surface area contributed by atoms with Crippen molar-refractivity contribution >= 4 is 30.4 Å². The molecule has 29 heteroatoms. The summed E-state index contributed by atoms with van der Waals surface area (Å²) in [5.41, 5.74) is 0. The number of hydrogen-bond acceptors (Lipinski definition) is 4. The summed E-state index contributed by atoms with van der Waals surface area (Å²) in [6, 6.07) is 0. The smallest absolute Gasteiger partial charge is 1.00 e. The van der Waals surface area contributed by atoms with E-state index < -0.39 is 30.4 Å². The van der Waals surface area contributed by atoms with Crippen LogP contribution in [-0.2, 0) is 45.6 Å². The van der Waals surface area contributed by atoms with Gasteiger partial charge in [-0.2, -0.15) is 0 Å². The van der Waals surface area contributed by atoms with Gasteiger partial charge in [0.1, 0.15) is 0 Å². The van der Waals surface area contributed by atoms with Crippen molar-refractivity contribution < 1.29 is 134 Å². The minimum Gasteiger partial charge on any atom is -1.00 e.